The van der Waals surface area contributed by atoms with Crippen LogP contribution in [0.2, 0.25) is 0 Å². The van der Waals surface area contributed by atoms with Crippen molar-refractivity contribution in [2.75, 3.05) is 6.26 Å². The second-order valence-corrected chi connectivity index (χ2v) is 6.13. The van der Waals surface area contributed by atoms with Crippen LogP contribution in [-0.4, -0.2) is 14.7 Å². The van der Waals surface area contributed by atoms with Gasteiger partial charge in [-0.15, -0.1) is 0 Å². The number of hydrogen-bond acceptors (Lipinski definition) is 3. The highest BCUT2D eigenvalue weighted by Crippen LogP contribution is 2.21. The van der Waals surface area contributed by atoms with Crippen LogP contribution < -0.4 is 5.73 Å². The second kappa shape index (κ2) is 4.33. The molecule has 0 aliphatic heterocycles. The summed E-state index contributed by atoms with van der Waals surface area (Å²) in [4.78, 5) is 0.330. The molecule has 0 radical (unpaired) electrons. The molecule has 15 heavy (non-hydrogen) atoms. The van der Waals surface area contributed by atoms with Gasteiger partial charge in [-0.1, -0.05) is 26.0 Å². The Balaban J connectivity index is 3.14. The minimum absolute atomic E-state index is 0.119. The van der Waals surface area contributed by atoms with Crippen molar-refractivity contribution in [1.29, 1.82) is 0 Å². The first-order valence-corrected chi connectivity index (χ1v) is 6.77. The molecule has 0 bridgehead atoms. The molecule has 1 atom stereocenters. The van der Waals surface area contributed by atoms with E-state index in [0.29, 0.717) is 10.8 Å². The number of rotatable bonds is 3. The Kier molecular flexibility index (Phi) is 3.52. The Morgan fingerprint density at radius 2 is 1.87 bits per heavy atom. The highest BCUT2D eigenvalue weighted by Gasteiger charge is 2.13. The Hall–Kier alpha value is -0.870. The molecule has 0 amide bonds. The number of benzene rings is 1. The molecule has 0 spiro atoms. The minimum atomic E-state index is -3.14. The maximum atomic E-state index is 11.3. The lowest BCUT2D eigenvalue weighted by molar-refractivity contribution is 0.513. The molecule has 1 rings (SSSR count). The largest absolute Gasteiger partial charge is 0.324 e. The zero-order chi connectivity index (χ0) is 11.6. The monoisotopic (exact) mass is 227 g/mol. The van der Waals surface area contributed by atoms with E-state index in [9.17, 15) is 8.42 Å². The lowest BCUT2D eigenvalue weighted by Gasteiger charge is -2.16. The van der Waals surface area contributed by atoms with E-state index in [1.165, 1.54) is 6.26 Å². The molecule has 4 heteroatoms. The van der Waals surface area contributed by atoms with E-state index in [1.54, 1.807) is 18.2 Å². The van der Waals surface area contributed by atoms with Gasteiger partial charge in [-0.05, 0) is 23.6 Å². The predicted octanol–water partition coefficient (Wildman–Crippen LogP) is 1.75. The molecular formula is C11H17NO2S. The zero-order valence-corrected chi connectivity index (χ0v) is 10.1. The van der Waals surface area contributed by atoms with E-state index in [4.69, 9.17) is 5.73 Å². The van der Waals surface area contributed by atoms with E-state index < -0.39 is 9.84 Å². The summed E-state index contributed by atoms with van der Waals surface area (Å²) in [5.74, 6) is 0.291. The molecular weight excluding hydrogens is 210 g/mol. The Bertz CT molecular complexity index is 438. The first kappa shape index (κ1) is 12.2. The molecule has 0 aliphatic rings. The molecule has 0 fully saturated rings. The molecule has 3 nitrogen and oxygen atoms in total. The van der Waals surface area contributed by atoms with Gasteiger partial charge >= 0.3 is 0 Å². The molecule has 0 aromatic heterocycles. The van der Waals surface area contributed by atoms with Crippen LogP contribution in [0, 0.1) is 5.92 Å². The van der Waals surface area contributed by atoms with Gasteiger partial charge < -0.3 is 5.73 Å². The molecule has 0 saturated heterocycles. The number of hydrogen-bond donors (Lipinski definition) is 1. The first-order chi connectivity index (χ1) is 6.82. The van der Waals surface area contributed by atoms with Crippen LogP contribution in [0.4, 0.5) is 0 Å². The third-order valence-corrected chi connectivity index (χ3v) is 3.50. The predicted molar refractivity (Wildman–Crippen MR) is 61.3 cm³/mol. The summed E-state index contributed by atoms with van der Waals surface area (Å²) in [6.45, 7) is 4.02. The topological polar surface area (TPSA) is 60.2 Å². The molecule has 0 aliphatic carbocycles. The van der Waals surface area contributed by atoms with Gasteiger partial charge in [0, 0.05) is 12.3 Å². The third kappa shape index (κ3) is 3.04. The van der Waals surface area contributed by atoms with Crippen molar-refractivity contribution in [3.05, 3.63) is 29.8 Å². The van der Waals surface area contributed by atoms with Gasteiger partial charge in [0.2, 0.25) is 0 Å². The van der Waals surface area contributed by atoms with Gasteiger partial charge in [0.25, 0.3) is 0 Å². The maximum absolute atomic E-state index is 11.3. The summed E-state index contributed by atoms with van der Waals surface area (Å²) in [6.07, 6.45) is 1.20. The minimum Gasteiger partial charge on any atom is -0.324 e. The molecule has 84 valence electrons. The van der Waals surface area contributed by atoms with Crippen molar-refractivity contribution in [2.45, 2.75) is 24.8 Å². The standard InChI is InChI=1S/C11H17NO2S/c1-8(2)11(12)9-5-4-6-10(7-9)15(3,13)14/h4-8,11H,12H2,1-3H3. The van der Waals surface area contributed by atoms with Crippen LogP contribution in [0.1, 0.15) is 25.5 Å². The fraction of sp³-hybridized carbons (Fsp3) is 0.455. The SMILES string of the molecule is CC(C)C(N)c1cccc(S(C)(=O)=O)c1. The smallest absolute Gasteiger partial charge is 0.175 e. The molecule has 0 saturated carbocycles. The van der Waals surface area contributed by atoms with E-state index in [0.717, 1.165) is 5.56 Å². The van der Waals surface area contributed by atoms with E-state index in [1.807, 2.05) is 19.9 Å². The van der Waals surface area contributed by atoms with Crippen LogP contribution >= 0.6 is 0 Å². The van der Waals surface area contributed by atoms with E-state index in [2.05, 4.69) is 0 Å². The quantitative estimate of drug-likeness (QED) is 0.855. The Morgan fingerprint density at radius 3 is 2.33 bits per heavy atom. The lowest BCUT2D eigenvalue weighted by atomic mass is 9.97. The lowest BCUT2D eigenvalue weighted by Crippen LogP contribution is -2.17. The van der Waals surface area contributed by atoms with Crippen LogP contribution in [0.3, 0.4) is 0 Å². The first-order valence-electron chi connectivity index (χ1n) is 4.88. The van der Waals surface area contributed by atoms with Gasteiger partial charge in [0.1, 0.15) is 0 Å². The average molecular weight is 227 g/mol. The van der Waals surface area contributed by atoms with Crippen LogP contribution in [0.5, 0.6) is 0 Å². The Labute approximate surface area is 91.2 Å². The average Bonchev–Trinajstić information content (AvgIpc) is 2.15. The fourth-order valence-electron chi connectivity index (χ4n) is 1.34. The van der Waals surface area contributed by atoms with Gasteiger partial charge in [-0.2, -0.15) is 0 Å². The summed E-state index contributed by atoms with van der Waals surface area (Å²) in [5.41, 5.74) is 6.82. The highest BCUT2D eigenvalue weighted by molar-refractivity contribution is 7.90. The molecule has 2 N–H and O–H groups in total. The second-order valence-electron chi connectivity index (χ2n) is 4.11. The number of nitrogens with two attached hydrogens (primary N) is 1. The van der Waals surface area contributed by atoms with Crippen molar-refractivity contribution in [2.24, 2.45) is 11.7 Å². The Morgan fingerprint density at radius 1 is 1.27 bits per heavy atom. The van der Waals surface area contributed by atoms with Gasteiger partial charge in [-0.3, -0.25) is 0 Å². The summed E-state index contributed by atoms with van der Waals surface area (Å²) < 4.78 is 22.7. The maximum Gasteiger partial charge on any atom is 0.175 e. The summed E-state index contributed by atoms with van der Waals surface area (Å²) in [5, 5.41) is 0. The van der Waals surface area contributed by atoms with Crippen molar-refractivity contribution in [3.8, 4) is 0 Å². The van der Waals surface area contributed by atoms with Crippen LogP contribution in [0.15, 0.2) is 29.2 Å². The van der Waals surface area contributed by atoms with Crippen molar-refractivity contribution >= 4 is 9.84 Å². The third-order valence-electron chi connectivity index (χ3n) is 2.39. The molecule has 1 aromatic carbocycles. The molecule has 1 unspecified atom stereocenters. The highest BCUT2D eigenvalue weighted by atomic mass is 32.2. The molecule has 1 aromatic rings. The summed E-state index contributed by atoms with van der Waals surface area (Å²) in [7, 11) is -3.14. The van der Waals surface area contributed by atoms with Gasteiger partial charge in [0.05, 0.1) is 4.90 Å². The van der Waals surface area contributed by atoms with E-state index in [-0.39, 0.29) is 6.04 Å². The van der Waals surface area contributed by atoms with Crippen molar-refractivity contribution in [3.63, 3.8) is 0 Å². The zero-order valence-electron chi connectivity index (χ0n) is 9.27. The summed E-state index contributed by atoms with van der Waals surface area (Å²) >= 11 is 0. The van der Waals surface area contributed by atoms with Gasteiger partial charge in [-0.25, -0.2) is 8.42 Å². The van der Waals surface area contributed by atoms with Crippen molar-refractivity contribution < 1.29 is 8.42 Å². The molecule has 0 heterocycles. The van der Waals surface area contributed by atoms with E-state index >= 15 is 0 Å². The normalized spacial score (nSPS) is 14.2. The summed E-state index contributed by atoms with van der Waals surface area (Å²) in [6, 6.07) is 6.71. The van der Waals surface area contributed by atoms with Gasteiger partial charge in [0.15, 0.2) is 9.84 Å². The fourth-order valence-corrected chi connectivity index (χ4v) is 2.01. The van der Waals surface area contributed by atoms with Crippen molar-refractivity contribution in [1.82, 2.24) is 0 Å². The van der Waals surface area contributed by atoms with Crippen LogP contribution in [-0.2, 0) is 9.84 Å². The number of sulfone groups is 1. The van der Waals surface area contributed by atoms with Crippen LogP contribution in [0.25, 0.3) is 0 Å².